The van der Waals surface area contributed by atoms with Crippen LogP contribution in [0.3, 0.4) is 0 Å². The zero-order valence-electron chi connectivity index (χ0n) is 28.3. The van der Waals surface area contributed by atoms with Gasteiger partial charge in [0.1, 0.15) is 17.7 Å². The molecule has 2 heterocycles. The second-order valence-corrected chi connectivity index (χ2v) is 13.0. The molecule has 3 aromatic rings. The first-order chi connectivity index (χ1) is 23.2. The number of nitriles is 1. The average Bonchev–Trinajstić information content (AvgIpc) is 3.05. The molecule has 1 aromatic heterocycles. The minimum absolute atomic E-state index is 0.000632. The third kappa shape index (κ3) is 7.87. The lowest BCUT2D eigenvalue weighted by Crippen LogP contribution is -2.45. The molecule has 1 amide bonds. The molecule has 14 heteroatoms. The zero-order valence-corrected chi connectivity index (χ0v) is 28.3. The van der Waals surface area contributed by atoms with Crippen molar-refractivity contribution >= 4 is 23.4 Å². The highest BCUT2D eigenvalue weighted by Gasteiger charge is 2.42. The Morgan fingerprint density at radius 2 is 1.62 bits per heavy atom. The SMILES string of the molecule is CCOC(=O)C(C)C1CCN(c2cc(-c3ccc(F)cc3C)c(N(C)C(=O)C(C)(C)c3cc(C(F)(F)F)cc(C(F)(F)F)c3)cn2)C(C#N)C1. The van der Waals surface area contributed by atoms with E-state index >= 15 is 0 Å². The van der Waals surface area contributed by atoms with Crippen LogP contribution in [0.4, 0.5) is 42.2 Å². The summed E-state index contributed by atoms with van der Waals surface area (Å²) in [5.74, 6) is -1.95. The molecule has 268 valence electrons. The maximum atomic E-state index is 14.2. The Labute approximate surface area is 285 Å². The van der Waals surface area contributed by atoms with Crippen molar-refractivity contribution in [3.05, 3.63) is 76.7 Å². The van der Waals surface area contributed by atoms with Gasteiger partial charge in [-0.3, -0.25) is 9.59 Å². The Hall–Kier alpha value is -4.67. The molecule has 4 rings (SSSR count). The van der Waals surface area contributed by atoms with Crippen LogP contribution in [-0.2, 0) is 32.1 Å². The number of amides is 1. The van der Waals surface area contributed by atoms with Crippen molar-refractivity contribution in [1.29, 1.82) is 5.26 Å². The third-order valence-electron chi connectivity index (χ3n) is 9.31. The van der Waals surface area contributed by atoms with E-state index < -0.39 is 58.1 Å². The third-order valence-corrected chi connectivity index (χ3v) is 9.31. The van der Waals surface area contributed by atoms with Crippen molar-refractivity contribution < 1.29 is 45.1 Å². The number of piperidine rings is 1. The number of hydrogen-bond donors (Lipinski definition) is 0. The van der Waals surface area contributed by atoms with Crippen LogP contribution in [0.1, 0.15) is 62.8 Å². The fourth-order valence-corrected chi connectivity index (χ4v) is 6.28. The maximum absolute atomic E-state index is 14.2. The summed E-state index contributed by atoms with van der Waals surface area (Å²) in [6.45, 7) is 8.13. The van der Waals surface area contributed by atoms with E-state index in [1.165, 1.54) is 45.3 Å². The highest BCUT2D eigenvalue weighted by atomic mass is 19.4. The lowest BCUT2D eigenvalue weighted by Gasteiger charge is -2.39. The quantitative estimate of drug-likeness (QED) is 0.173. The van der Waals surface area contributed by atoms with Crippen molar-refractivity contribution in [2.75, 3.05) is 30.0 Å². The van der Waals surface area contributed by atoms with Crippen molar-refractivity contribution in [2.24, 2.45) is 11.8 Å². The largest absolute Gasteiger partial charge is 0.466 e. The van der Waals surface area contributed by atoms with Gasteiger partial charge in [-0.1, -0.05) is 13.0 Å². The number of pyridine rings is 1. The van der Waals surface area contributed by atoms with Gasteiger partial charge in [0.25, 0.3) is 0 Å². The first-order valence-electron chi connectivity index (χ1n) is 15.9. The molecule has 0 radical (unpaired) electrons. The van der Waals surface area contributed by atoms with Crippen LogP contribution < -0.4 is 9.80 Å². The number of ether oxygens (including phenoxy) is 1. The van der Waals surface area contributed by atoms with Crippen molar-refractivity contribution in [2.45, 2.75) is 71.3 Å². The second kappa shape index (κ2) is 14.3. The van der Waals surface area contributed by atoms with E-state index in [-0.39, 0.29) is 30.2 Å². The average molecular weight is 707 g/mol. The van der Waals surface area contributed by atoms with Crippen LogP contribution in [0.15, 0.2) is 48.7 Å². The molecule has 7 nitrogen and oxygen atoms in total. The Kier molecular flexibility index (Phi) is 10.9. The standard InChI is InChI=1S/C36H37F7N4O3/c1-7-50-32(48)21(3)22-10-11-47(27(13-22)18-44)31-17-29(28-9-8-26(37)12-20(28)2)30(19-45-31)46(6)33(49)34(4,5)23-14-24(35(38,39)40)16-25(15-23)36(41,42)43/h8-9,12,14-17,19,21-22,27H,7,10-11,13H2,1-6H3. The number of anilines is 2. The van der Waals surface area contributed by atoms with Crippen molar-refractivity contribution in [3.63, 3.8) is 0 Å². The van der Waals surface area contributed by atoms with E-state index in [2.05, 4.69) is 11.1 Å². The molecule has 0 bridgehead atoms. The number of hydrogen-bond acceptors (Lipinski definition) is 6. The maximum Gasteiger partial charge on any atom is 0.416 e. The summed E-state index contributed by atoms with van der Waals surface area (Å²) in [7, 11) is 1.32. The number of esters is 1. The Bertz CT molecular complexity index is 1770. The number of carbonyl (C=O) groups is 2. The number of aryl methyl sites for hydroxylation is 1. The second-order valence-electron chi connectivity index (χ2n) is 13.0. The molecule has 0 N–H and O–H groups in total. The minimum Gasteiger partial charge on any atom is -0.466 e. The number of carbonyl (C=O) groups excluding carboxylic acids is 2. The Morgan fingerprint density at radius 1 is 1.02 bits per heavy atom. The number of halogens is 7. The summed E-state index contributed by atoms with van der Waals surface area (Å²) in [5, 5.41) is 10.1. The van der Waals surface area contributed by atoms with E-state index in [1.807, 2.05) is 0 Å². The molecular formula is C36H37F7N4O3. The Morgan fingerprint density at radius 3 is 2.16 bits per heavy atom. The lowest BCUT2D eigenvalue weighted by atomic mass is 9.81. The summed E-state index contributed by atoms with van der Waals surface area (Å²) < 4.78 is 101. The van der Waals surface area contributed by atoms with Gasteiger partial charge in [0.05, 0.1) is 47.0 Å². The van der Waals surface area contributed by atoms with Crippen LogP contribution in [0, 0.1) is 35.9 Å². The van der Waals surface area contributed by atoms with E-state index in [4.69, 9.17) is 4.74 Å². The number of alkyl halides is 6. The minimum atomic E-state index is -5.11. The molecule has 50 heavy (non-hydrogen) atoms. The molecule has 2 aromatic carbocycles. The molecule has 0 aliphatic carbocycles. The predicted molar refractivity (Wildman–Crippen MR) is 173 cm³/mol. The van der Waals surface area contributed by atoms with Gasteiger partial charge in [0, 0.05) is 19.2 Å². The molecule has 1 aliphatic rings. The van der Waals surface area contributed by atoms with Gasteiger partial charge in [0.15, 0.2) is 0 Å². The number of aromatic nitrogens is 1. The van der Waals surface area contributed by atoms with Crippen LogP contribution in [0.25, 0.3) is 11.1 Å². The monoisotopic (exact) mass is 706 g/mol. The van der Waals surface area contributed by atoms with Gasteiger partial charge in [-0.15, -0.1) is 0 Å². The fourth-order valence-electron chi connectivity index (χ4n) is 6.28. The van der Waals surface area contributed by atoms with Crippen LogP contribution >= 0.6 is 0 Å². The van der Waals surface area contributed by atoms with Gasteiger partial charge in [0.2, 0.25) is 5.91 Å². The van der Waals surface area contributed by atoms with Crippen LogP contribution in [0.2, 0.25) is 0 Å². The summed E-state index contributed by atoms with van der Waals surface area (Å²) >= 11 is 0. The van der Waals surface area contributed by atoms with Crippen LogP contribution in [0.5, 0.6) is 0 Å². The highest BCUT2D eigenvalue weighted by Crippen LogP contribution is 2.42. The number of benzene rings is 2. The zero-order chi connectivity index (χ0) is 37.3. The topological polar surface area (TPSA) is 86.5 Å². The summed E-state index contributed by atoms with van der Waals surface area (Å²) in [6, 6.07) is 8.21. The summed E-state index contributed by atoms with van der Waals surface area (Å²) in [6.07, 6.45) is -8.01. The van der Waals surface area contributed by atoms with Crippen molar-refractivity contribution in [3.8, 4) is 17.2 Å². The predicted octanol–water partition coefficient (Wildman–Crippen LogP) is 8.48. The van der Waals surface area contributed by atoms with E-state index in [0.29, 0.717) is 54.0 Å². The summed E-state index contributed by atoms with van der Waals surface area (Å²) in [4.78, 5) is 33.9. The van der Waals surface area contributed by atoms with Gasteiger partial charge >= 0.3 is 18.3 Å². The Balaban J connectivity index is 1.78. The van der Waals surface area contributed by atoms with Gasteiger partial charge < -0.3 is 14.5 Å². The molecule has 1 fully saturated rings. The molecular weight excluding hydrogens is 669 g/mol. The first-order valence-corrected chi connectivity index (χ1v) is 15.9. The molecule has 3 unspecified atom stereocenters. The smallest absolute Gasteiger partial charge is 0.416 e. The highest BCUT2D eigenvalue weighted by molar-refractivity contribution is 6.03. The molecule has 1 saturated heterocycles. The van der Waals surface area contributed by atoms with Gasteiger partial charge in [-0.25, -0.2) is 9.37 Å². The molecule has 3 atom stereocenters. The number of rotatable bonds is 8. The van der Waals surface area contributed by atoms with Crippen molar-refractivity contribution in [1.82, 2.24) is 4.98 Å². The molecule has 1 aliphatic heterocycles. The summed E-state index contributed by atoms with van der Waals surface area (Å²) in [5.41, 5.74) is -4.05. The fraction of sp³-hybridized carbons (Fsp3) is 0.444. The van der Waals surface area contributed by atoms with E-state index in [9.17, 15) is 45.6 Å². The lowest BCUT2D eigenvalue weighted by molar-refractivity contribution is -0.149. The van der Waals surface area contributed by atoms with E-state index in [1.54, 1.807) is 31.7 Å². The normalized spacial score (nSPS) is 17.6. The van der Waals surface area contributed by atoms with E-state index in [0.717, 1.165) is 4.90 Å². The molecule has 0 spiro atoms. The number of nitrogens with zero attached hydrogens (tertiary/aromatic N) is 4. The van der Waals surface area contributed by atoms with Crippen LogP contribution in [-0.4, -0.2) is 43.1 Å². The van der Waals surface area contributed by atoms with Gasteiger partial charge in [-0.05, 0) is 99.5 Å². The van der Waals surface area contributed by atoms with Gasteiger partial charge in [-0.2, -0.15) is 31.6 Å². The molecule has 0 saturated carbocycles. The number of likely N-dealkylation sites (N-methyl/N-ethyl adjacent to an activating group) is 1. The first kappa shape index (κ1) is 38.1.